The zero-order valence-corrected chi connectivity index (χ0v) is 19.0. The summed E-state index contributed by atoms with van der Waals surface area (Å²) >= 11 is 6.20. The summed E-state index contributed by atoms with van der Waals surface area (Å²) in [6.45, 7) is 6.85. The monoisotopic (exact) mass is 450 g/mol. The molecular formula is C25H23ClN2O4. The third-order valence-corrected chi connectivity index (χ3v) is 5.86. The average Bonchev–Trinajstić information content (AvgIpc) is 2.75. The Balaban J connectivity index is 2.06. The van der Waals surface area contributed by atoms with Crippen molar-refractivity contribution in [1.29, 1.82) is 5.26 Å². The number of ether oxygens (including phenoxy) is 1. The van der Waals surface area contributed by atoms with Crippen molar-refractivity contribution in [1.82, 2.24) is 4.57 Å². The second-order valence-electron chi connectivity index (χ2n) is 7.66. The van der Waals surface area contributed by atoms with Crippen LogP contribution in [-0.4, -0.2) is 21.6 Å². The van der Waals surface area contributed by atoms with Crippen molar-refractivity contribution in [2.45, 2.75) is 40.3 Å². The van der Waals surface area contributed by atoms with Gasteiger partial charge >= 0.3 is 0 Å². The van der Waals surface area contributed by atoms with Gasteiger partial charge in [-0.15, -0.1) is 0 Å². The molecule has 1 heterocycles. The van der Waals surface area contributed by atoms with Crippen molar-refractivity contribution in [2.75, 3.05) is 0 Å². The molecule has 0 saturated heterocycles. The Bertz CT molecular complexity index is 1300. The number of pyridine rings is 1. The zero-order chi connectivity index (χ0) is 23.6. The van der Waals surface area contributed by atoms with Crippen molar-refractivity contribution in [3.05, 3.63) is 91.2 Å². The maximum atomic E-state index is 13.3. The molecule has 0 bridgehead atoms. The molecule has 3 aromatic rings. The van der Waals surface area contributed by atoms with Crippen molar-refractivity contribution < 1.29 is 14.6 Å². The minimum Gasteiger partial charge on any atom is -0.494 e. The van der Waals surface area contributed by atoms with E-state index in [1.807, 2.05) is 32.0 Å². The molecule has 1 aromatic heterocycles. The average molecular weight is 451 g/mol. The normalized spacial score (nSPS) is 11.6. The SMILES string of the molecule is Cc1ccc(OC(C)C(=O)c2c(C)c(C#N)c(=O)n(Cc3ccccc3Cl)c2O)cc1C. The molecule has 0 aliphatic rings. The number of carbonyl (C=O) groups excluding carboxylic acids is 1. The van der Waals surface area contributed by atoms with Crippen LogP contribution in [0.25, 0.3) is 0 Å². The summed E-state index contributed by atoms with van der Waals surface area (Å²) in [6, 6.07) is 14.2. The van der Waals surface area contributed by atoms with Gasteiger partial charge in [0.2, 0.25) is 11.7 Å². The topological polar surface area (TPSA) is 92.3 Å². The summed E-state index contributed by atoms with van der Waals surface area (Å²) in [7, 11) is 0. The number of hydrogen-bond donors (Lipinski definition) is 1. The molecule has 3 rings (SSSR count). The van der Waals surface area contributed by atoms with E-state index in [-0.39, 0.29) is 23.2 Å². The molecule has 6 nitrogen and oxygen atoms in total. The Labute approximate surface area is 191 Å². The van der Waals surface area contributed by atoms with Gasteiger partial charge in [0.1, 0.15) is 17.4 Å². The molecule has 0 fully saturated rings. The van der Waals surface area contributed by atoms with E-state index in [0.717, 1.165) is 15.7 Å². The standard InChI is InChI=1S/C25H23ClN2O4/c1-14-9-10-19(11-15(14)2)32-17(4)23(29)22-16(3)20(12-27)24(30)28(25(22)31)13-18-7-5-6-8-21(18)26/h5-11,17,31H,13H2,1-4H3. The lowest BCUT2D eigenvalue weighted by atomic mass is 9.99. The largest absolute Gasteiger partial charge is 0.494 e. The number of hydrogen-bond acceptors (Lipinski definition) is 5. The highest BCUT2D eigenvalue weighted by Gasteiger charge is 2.28. The molecule has 2 aromatic carbocycles. The van der Waals surface area contributed by atoms with Crippen LogP contribution in [0.3, 0.4) is 0 Å². The van der Waals surface area contributed by atoms with Gasteiger partial charge in [-0.2, -0.15) is 5.26 Å². The van der Waals surface area contributed by atoms with Gasteiger partial charge in [-0.1, -0.05) is 35.9 Å². The number of aryl methyl sites for hydroxylation is 2. The number of aromatic hydroxyl groups is 1. The zero-order valence-electron chi connectivity index (χ0n) is 18.3. The predicted molar refractivity (Wildman–Crippen MR) is 123 cm³/mol. The van der Waals surface area contributed by atoms with E-state index in [1.165, 1.54) is 6.92 Å². The summed E-state index contributed by atoms with van der Waals surface area (Å²) in [5.74, 6) is -0.550. The highest BCUT2D eigenvalue weighted by molar-refractivity contribution is 6.31. The Morgan fingerprint density at radius 2 is 1.88 bits per heavy atom. The van der Waals surface area contributed by atoms with Crippen molar-refractivity contribution >= 4 is 17.4 Å². The van der Waals surface area contributed by atoms with Crippen LogP contribution in [0.1, 0.15) is 45.1 Å². The highest BCUT2D eigenvalue weighted by atomic mass is 35.5. The van der Waals surface area contributed by atoms with Crippen LogP contribution in [0, 0.1) is 32.1 Å². The van der Waals surface area contributed by atoms with Crippen LogP contribution in [0.4, 0.5) is 0 Å². The fourth-order valence-electron chi connectivity index (χ4n) is 3.44. The first-order valence-electron chi connectivity index (χ1n) is 10.0. The summed E-state index contributed by atoms with van der Waals surface area (Å²) in [5.41, 5.74) is 1.77. The lowest BCUT2D eigenvalue weighted by molar-refractivity contribution is 0.0812. The summed E-state index contributed by atoms with van der Waals surface area (Å²) < 4.78 is 6.79. The van der Waals surface area contributed by atoms with Gasteiger partial charge < -0.3 is 9.84 Å². The number of benzene rings is 2. The molecule has 164 valence electrons. The molecule has 0 amide bonds. The van der Waals surface area contributed by atoms with Crippen molar-refractivity contribution in [3.63, 3.8) is 0 Å². The van der Waals surface area contributed by atoms with E-state index >= 15 is 0 Å². The van der Waals surface area contributed by atoms with Crippen LogP contribution in [0.5, 0.6) is 11.6 Å². The van der Waals surface area contributed by atoms with Crippen LogP contribution in [-0.2, 0) is 6.54 Å². The molecule has 0 radical (unpaired) electrons. The van der Waals surface area contributed by atoms with E-state index in [1.54, 1.807) is 37.3 Å². The van der Waals surface area contributed by atoms with Gasteiger partial charge in [-0.3, -0.25) is 14.2 Å². The van der Waals surface area contributed by atoms with Crippen molar-refractivity contribution in [3.8, 4) is 17.7 Å². The summed E-state index contributed by atoms with van der Waals surface area (Å²) in [6.07, 6.45) is -0.959. The number of rotatable bonds is 6. The Kier molecular flexibility index (Phi) is 6.71. The second kappa shape index (κ2) is 9.29. The van der Waals surface area contributed by atoms with Crippen LogP contribution >= 0.6 is 11.6 Å². The van der Waals surface area contributed by atoms with Crippen LogP contribution in [0.15, 0.2) is 47.3 Å². The maximum absolute atomic E-state index is 13.3. The smallest absolute Gasteiger partial charge is 0.271 e. The van der Waals surface area contributed by atoms with E-state index in [9.17, 15) is 20.0 Å². The number of Topliss-reactive ketones (excluding diaryl/α,β-unsaturated/α-hetero) is 1. The van der Waals surface area contributed by atoms with Gasteiger partial charge in [0.15, 0.2) is 6.10 Å². The van der Waals surface area contributed by atoms with E-state index in [4.69, 9.17) is 16.3 Å². The van der Waals surface area contributed by atoms with Crippen molar-refractivity contribution in [2.24, 2.45) is 0 Å². The van der Waals surface area contributed by atoms with Gasteiger partial charge in [0, 0.05) is 5.02 Å². The number of ketones is 1. The molecule has 1 atom stereocenters. The number of aromatic nitrogens is 1. The molecule has 1 N–H and O–H groups in total. The minimum atomic E-state index is -0.959. The Morgan fingerprint density at radius 1 is 1.19 bits per heavy atom. The number of halogens is 1. The Hall–Kier alpha value is -3.56. The first kappa shape index (κ1) is 23.1. The maximum Gasteiger partial charge on any atom is 0.271 e. The van der Waals surface area contributed by atoms with E-state index < -0.39 is 23.3 Å². The molecule has 7 heteroatoms. The van der Waals surface area contributed by atoms with Gasteiger partial charge in [-0.05, 0) is 68.1 Å². The fraction of sp³-hybridized carbons (Fsp3) is 0.240. The Morgan fingerprint density at radius 3 is 2.50 bits per heavy atom. The number of carbonyl (C=O) groups is 1. The molecule has 1 unspecified atom stereocenters. The summed E-state index contributed by atoms with van der Waals surface area (Å²) in [4.78, 5) is 26.1. The van der Waals surface area contributed by atoms with E-state index in [2.05, 4.69) is 0 Å². The van der Waals surface area contributed by atoms with Gasteiger partial charge in [0.05, 0.1) is 12.1 Å². The molecule has 32 heavy (non-hydrogen) atoms. The number of nitriles is 1. The quantitative estimate of drug-likeness (QED) is 0.549. The third kappa shape index (κ3) is 4.39. The molecule has 0 aliphatic carbocycles. The molecular weight excluding hydrogens is 428 g/mol. The second-order valence-corrected chi connectivity index (χ2v) is 8.07. The molecule has 0 aliphatic heterocycles. The third-order valence-electron chi connectivity index (χ3n) is 5.49. The lowest BCUT2D eigenvalue weighted by Crippen LogP contribution is -2.31. The predicted octanol–water partition coefficient (Wildman–Crippen LogP) is 4.70. The fourth-order valence-corrected chi connectivity index (χ4v) is 3.63. The first-order chi connectivity index (χ1) is 15.1. The number of nitrogens with zero attached hydrogens (tertiary/aromatic N) is 2. The van der Waals surface area contributed by atoms with Crippen LogP contribution in [0.2, 0.25) is 5.02 Å². The van der Waals surface area contributed by atoms with Gasteiger partial charge in [0.25, 0.3) is 5.56 Å². The van der Waals surface area contributed by atoms with Gasteiger partial charge in [-0.25, -0.2) is 0 Å². The lowest BCUT2D eigenvalue weighted by Gasteiger charge is -2.19. The first-order valence-corrected chi connectivity index (χ1v) is 10.4. The van der Waals surface area contributed by atoms with Crippen LogP contribution < -0.4 is 10.3 Å². The highest BCUT2D eigenvalue weighted by Crippen LogP contribution is 2.27. The summed E-state index contributed by atoms with van der Waals surface area (Å²) in [5, 5.41) is 20.9. The minimum absolute atomic E-state index is 0.0913. The molecule has 0 saturated carbocycles. The van der Waals surface area contributed by atoms with E-state index in [0.29, 0.717) is 16.3 Å². The molecule has 0 spiro atoms.